The Morgan fingerprint density at radius 3 is 2.72 bits per heavy atom. The molecule has 1 aromatic rings. The van der Waals surface area contributed by atoms with Crippen LogP contribution in [0.5, 0.6) is 0 Å². The molecule has 0 saturated heterocycles. The van der Waals surface area contributed by atoms with Crippen LogP contribution in [0.25, 0.3) is 0 Å². The number of rotatable bonds is 7. The number of sulfonamides is 1. The van der Waals surface area contributed by atoms with Gasteiger partial charge in [-0.25, -0.2) is 13.1 Å². The molecule has 1 rings (SSSR count). The molecule has 0 bridgehead atoms. The van der Waals surface area contributed by atoms with Crippen LogP contribution in [0.15, 0.2) is 14.1 Å². The van der Waals surface area contributed by atoms with Crippen LogP contribution in [0.3, 0.4) is 0 Å². The molecule has 1 aromatic heterocycles. The van der Waals surface area contributed by atoms with Crippen molar-refractivity contribution in [3.05, 3.63) is 15.4 Å². The summed E-state index contributed by atoms with van der Waals surface area (Å²) in [5.74, 6) is 0.215. The van der Waals surface area contributed by atoms with Crippen molar-refractivity contribution in [2.24, 2.45) is 5.92 Å². The third-order valence-electron chi connectivity index (χ3n) is 2.58. The molecule has 0 aliphatic rings. The summed E-state index contributed by atoms with van der Waals surface area (Å²) in [6.07, 6.45) is 1.54. The van der Waals surface area contributed by atoms with Crippen molar-refractivity contribution in [1.29, 1.82) is 0 Å². The number of hydrogen-bond acceptors (Lipinski definition) is 4. The van der Waals surface area contributed by atoms with E-state index in [2.05, 4.69) is 20.7 Å². The molecular weight excluding hydrogens is 338 g/mol. The fourth-order valence-corrected chi connectivity index (χ4v) is 4.73. The number of nitrogens with one attached hydrogen (secondary N) is 1. The van der Waals surface area contributed by atoms with Crippen LogP contribution >= 0.6 is 27.3 Å². The molecule has 0 fully saturated rings. The van der Waals surface area contributed by atoms with Gasteiger partial charge in [0.05, 0.1) is 3.79 Å². The van der Waals surface area contributed by atoms with Gasteiger partial charge in [-0.2, -0.15) is 0 Å². The van der Waals surface area contributed by atoms with Gasteiger partial charge in [0.25, 0.3) is 0 Å². The maximum atomic E-state index is 11.9. The SMILES string of the molecule is Cc1cc(S(=O)(=O)NCCCC(C)CO)sc1Br. The minimum atomic E-state index is -3.39. The van der Waals surface area contributed by atoms with Gasteiger partial charge in [0.2, 0.25) is 10.0 Å². The van der Waals surface area contributed by atoms with Gasteiger partial charge in [-0.1, -0.05) is 6.92 Å². The molecule has 18 heavy (non-hydrogen) atoms. The van der Waals surface area contributed by atoms with Crippen molar-refractivity contribution in [2.45, 2.75) is 30.9 Å². The van der Waals surface area contributed by atoms with Crippen LogP contribution in [0.1, 0.15) is 25.3 Å². The Hall–Kier alpha value is 0.0500. The quantitative estimate of drug-likeness (QED) is 0.738. The third kappa shape index (κ3) is 4.62. The Bertz CT molecular complexity index is 465. The predicted octanol–water partition coefficient (Wildman–Crippen LogP) is 2.51. The van der Waals surface area contributed by atoms with E-state index in [1.54, 1.807) is 6.07 Å². The summed E-state index contributed by atoms with van der Waals surface area (Å²) in [5.41, 5.74) is 0.925. The van der Waals surface area contributed by atoms with Gasteiger partial charge >= 0.3 is 0 Å². The normalized spacial score (nSPS) is 13.8. The number of halogens is 1. The van der Waals surface area contributed by atoms with Crippen LogP contribution in [-0.4, -0.2) is 26.7 Å². The topological polar surface area (TPSA) is 66.4 Å². The molecule has 0 aliphatic carbocycles. The molecule has 0 aliphatic heterocycles. The second kappa shape index (κ2) is 7.00. The molecular formula is C11H18BrNO3S2. The Kier molecular flexibility index (Phi) is 6.26. The van der Waals surface area contributed by atoms with Crippen LogP contribution in [0, 0.1) is 12.8 Å². The number of aryl methyl sites for hydroxylation is 1. The number of thiophene rings is 1. The maximum absolute atomic E-state index is 11.9. The zero-order valence-corrected chi connectivity index (χ0v) is 13.7. The Morgan fingerprint density at radius 1 is 1.56 bits per heavy atom. The lowest BCUT2D eigenvalue weighted by Crippen LogP contribution is -2.24. The molecule has 0 spiro atoms. The highest BCUT2D eigenvalue weighted by atomic mass is 79.9. The van der Waals surface area contributed by atoms with Crippen molar-refractivity contribution >= 4 is 37.3 Å². The van der Waals surface area contributed by atoms with Gasteiger partial charge in [0.1, 0.15) is 4.21 Å². The molecule has 1 unspecified atom stereocenters. The van der Waals surface area contributed by atoms with E-state index in [0.29, 0.717) is 10.8 Å². The first-order chi connectivity index (χ1) is 8.36. The van der Waals surface area contributed by atoms with Gasteiger partial charge in [-0.15, -0.1) is 11.3 Å². The Balaban J connectivity index is 2.50. The Labute approximate surface area is 121 Å². The van der Waals surface area contributed by atoms with Crippen molar-refractivity contribution in [2.75, 3.05) is 13.2 Å². The van der Waals surface area contributed by atoms with Gasteiger partial charge < -0.3 is 5.11 Å². The minimum absolute atomic E-state index is 0.143. The van der Waals surface area contributed by atoms with Crippen molar-refractivity contribution in [3.8, 4) is 0 Å². The average molecular weight is 356 g/mol. The van der Waals surface area contributed by atoms with Crippen LogP contribution < -0.4 is 4.72 Å². The predicted molar refractivity (Wildman–Crippen MR) is 77.4 cm³/mol. The zero-order valence-electron chi connectivity index (χ0n) is 10.4. The lowest BCUT2D eigenvalue weighted by molar-refractivity contribution is 0.228. The van der Waals surface area contributed by atoms with E-state index in [0.717, 1.165) is 22.2 Å². The van der Waals surface area contributed by atoms with E-state index in [4.69, 9.17) is 5.11 Å². The van der Waals surface area contributed by atoms with E-state index in [9.17, 15) is 8.42 Å². The van der Waals surface area contributed by atoms with E-state index < -0.39 is 10.0 Å². The summed E-state index contributed by atoms with van der Waals surface area (Å²) in [6.45, 7) is 4.35. The average Bonchev–Trinajstić information content (AvgIpc) is 2.66. The first kappa shape index (κ1) is 16.1. The maximum Gasteiger partial charge on any atom is 0.250 e. The third-order valence-corrected chi connectivity index (χ3v) is 6.65. The molecule has 2 N–H and O–H groups in total. The van der Waals surface area contributed by atoms with Crippen LogP contribution in [-0.2, 0) is 10.0 Å². The molecule has 0 saturated carbocycles. The van der Waals surface area contributed by atoms with Crippen molar-refractivity contribution in [3.63, 3.8) is 0 Å². The molecule has 0 radical (unpaired) electrons. The summed E-state index contributed by atoms with van der Waals surface area (Å²) in [6, 6.07) is 1.66. The fourth-order valence-electron chi connectivity index (χ4n) is 1.38. The highest BCUT2D eigenvalue weighted by Gasteiger charge is 2.17. The number of hydrogen-bond donors (Lipinski definition) is 2. The second-order valence-corrected chi connectivity index (χ2v) is 8.71. The van der Waals surface area contributed by atoms with Crippen molar-refractivity contribution in [1.82, 2.24) is 4.72 Å². The molecule has 0 amide bonds. The second-order valence-electron chi connectivity index (χ2n) is 4.35. The smallest absolute Gasteiger partial charge is 0.250 e. The molecule has 7 heteroatoms. The number of aliphatic hydroxyl groups is 1. The minimum Gasteiger partial charge on any atom is -0.396 e. The monoisotopic (exact) mass is 355 g/mol. The first-order valence-electron chi connectivity index (χ1n) is 5.73. The molecule has 1 heterocycles. The fraction of sp³-hybridized carbons (Fsp3) is 0.636. The van der Waals surface area contributed by atoms with Crippen LogP contribution in [0.2, 0.25) is 0 Å². The lowest BCUT2D eigenvalue weighted by Gasteiger charge is -2.08. The standard InChI is InChI=1S/C11H18BrNO3S2/c1-8(7-14)4-3-5-13-18(15,16)10-6-9(2)11(12)17-10/h6,8,13-14H,3-5,7H2,1-2H3. The van der Waals surface area contributed by atoms with E-state index in [1.165, 1.54) is 11.3 Å². The van der Waals surface area contributed by atoms with Gasteiger partial charge in [-0.3, -0.25) is 0 Å². The summed E-state index contributed by atoms with van der Waals surface area (Å²) >= 11 is 4.53. The van der Waals surface area contributed by atoms with E-state index in [-0.39, 0.29) is 12.5 Å². The van der Waals surface area contributed by atoms with Crippen LogP contribution in [0.4, 0.5) is 0 Å². The van der Waals surface area contributed by atoms with E-state index >= 15 is 0 Å². The summed E-state index contributed by atoms with van der Waals surface area (Å²) in [4.78, 5) is 0. The summed E-state index contributed by atoms with van der Waals surface area (Å²) in [7, 11) is -3.39. The van der Waals surface area contributed by atoms with E-state index in [1.807, 2.05) is 13.8 Å². The first-order valence-corrected chi connectivity index (χ1v) is 8.82. The molecule has 104 valence electrons. The van der Waals surface area contributed by atoms with Gasteiger partial charge in [0, 0.05) is 13.2 Å². The van der Waals surface area contributed by atoms with Gasteiger partial charge in [-0.05, 0) is 53.2 Å². The Morgan fingerprint density at radius 2 is 2.22 bits per heavy atom. The van der Waals surface area contributed by atoms with Crippen molar-refractivity contribution < 1.29 is 13.5 Å². The molecule has 1 atom stereocenters. The summed E-state index contributed by atoms with van der Waals surface area (Å²) in [5, 5.41) is 8.86. The highest BCUT2D eigenvalue weighted by molar-refractivity contribution is 9.11. The molecule has 4 nitrogen and oxygen atoms in total. The summed E-state index contributed by atoms with van der Waals surface area (Å²) < 4.78 is 27.6. The van der Waals surface area contributed by atoms with Gasteiger partial charge in [0.15, 0.2) is 0 Å². The zero-order chi connectivity index (χ0) is 13.8. The number of aliphatic hydroxyl groups excluding tert-OH is 1. The largest absolute Gasteiger partial charge is 0.396 e. The lowest BCUT2D eigenvalue weighted by atomic mass is 10.1. The molecule has 0 aromatic carbocycles. The highest BCUT2D eigenvalue weighted by Crippen LogP contribution is 2.30.